The summed E-state index contributed by atoms with van der Waals surface area (Å²) >= 11 is 11.9. The van der Waals surface area contributed by atoms with E-state index in [9.17, 15) is 14.9 Å². The zero-order chi connectivity index (χ0) is 20.1. The molecule has 1 aromatic carbocycles. The quantitative estimate of drug-likeness (QED) is 0.795. The van der Waals surface area contributed by atoms with E-state index in [4.69, 9.17) is 23.2 Å². The van der Waals surface area contributed by atoms with Crippen LogP contribution in [-0.4, -0.2) is 15.7 Å². The maximum Gasteiger partial charge on any atom is 0.285 e. The van der Waals surface area contributed by atoms with Crippen LogP contribution in [0.3, 0.4) is 0 Å². The van der Waals surface area contributed by atoms with E-state index in [0.29, 0.717) is 34.1 Å². The highest BCUT2D eigenvalue weighted by molar-refractivity contribution is 6.42. The first-order chi connectivity index (χ1) is 12.8. The average Bonchev–Trinajstić information content (AvgIpc) is 2.64. The van der Waals surface area contributed by atoms with Gasteiger partial charge in [-0.25, -0.2) is 4.68 Å². The lowest BCUT2D eigenvalue weighted by Gasteiger charge is -2.16. The SMILES string of the molecule is CCc1nn(CC(=O)NC(C)c2ccc(Cl)c(Cl)c2)c(=O)c(C#N)c1CC. The fourth-order valence-corrected chi connectivity index (χ4v) is 3.14. The Morgan fingerprint density at radius 3 is 2.56 bits per heavy atom. The first-order valence-electron chi connectivity index (χ1n) is 8.59. The van der Waals surface area contributed by atoms with E-state index < -0.39 is 11.5 Å². The molecule has 0 saturated heterocycles. The number of carbonyl (C=O) groups excluding carboxylic acids is 1. The van der Waals surface area contributed by atoms with Crippen LogP contribution in [0, 0.1) is 11.3 Å². The summed E-state index contributed by atoms with van der Waals surface area (Å²) in [6, 6.07) is 6.72. The van der Waals surface area contributed by atoms with Crippen LogP contribution in [0.15, 0.2) is 23.0 Å². The second-order valence-corrected chi connectivity index (χ2v) is 6.86. The molecular formula is C19H20Cl2N4O2. The maximum absolute atomic E-state index is 12.5. The Morgan fingerprint density at radius 1 is 1.30 bits per heavy atom. The number of rotatable bonds is 6. The lowest BCUT2D eigenvalue weighted by molar-refractivity contribution is -0.122. The number of halogens is 2. The zero-order valence-electron chi connectivity index (χ0n) is 15.3. The van der Waals surface area contributed by atoms with E-state index in [1.807, 2.05) is 19.9 Å². The van der Waals surface area contributed by atoms with Crippen LogP contribution in [0.5, 0.6) is 0 Å². The van der Waals surface area contributed by atoms with E-state index >= 15 is 0 Å². The Kier molecular flexibility index (Phi) is 7.00. The summed E-state index contributed by atoms with van der Waals surface area (Å²) in [5, 5.41) is 17.2. The first kappa shape index (κ1) is 20.9. The van der Waals surface area contributed by atoms with Crippen molar-refractivity contribution in [3.05, 3.63) is 61.0 Å². The average molecular weight is 407 g/mol. The normalized spacial score (nSPS) is 11.7. The van der Waals surface area contributed by atoms with Gasteiger partial charge in [0.05, 0.1) is 21.8 Å². The Hall–Kier alpha value is -2.36. The summed E-state index contributed by atoms with van der Waals surface area (Å²) in [6.07, 6.45) is 1.11. The van der Waals surface area contributed by atoms with Crippen molar-refractivity contribution < 1.29 is 4.79 Å². The molecule has 6 nitrogen and oxygen atoms in total. The monoisotopic (exact) mass is 406 g/mol. The van der Waals surface area contributed by atoms with Crippen LogP contribution >= 0.6 is 23.2 Å². The van der Waals surface area contributed by atoms with Gasteiger partial charge in [0.15, 0.2) is 0 Å². The minimum absolute atomic E-state index is 0.0506. The highest BCUT2D eigenvalue weighted by Crippen LogP contribution is 2.25. The number of nitrogens with zero attached hydrogens (tertiary/aromatic N) is 3. The van der Waals surface area contributed by atoms with E-state index in [0.717, 1.165) is 10.2 Å². The first-order valence-corrected chi connectivity index (χ1v) is 9.35. The number of hydrogen-bond acceptors (Lipinski definition) is 4. The van der Waals surface area contributed by atoms with Crippen molar-refractivity contribution >= 4 is 29.1 Å². The number of amides is 1. The molecule has 27 heavy (non-hydrogen) atoms. The molecule has 0 spiro atoms. The Balaban J connectivity index is 2.24. The predicted octanol–water partition coefficient (Wildman–Crippen LogP) is 3.42. The molecule has 1 atom stereocenters. The maximum atomic E-state index is 12.5. The summed E-state index contributed by atoms with van der Waals surface area (Å²) in [4.78, 5) is 24.9. The molecular weight excluding hydrogens is 387 g/mol. The van der Waals surface area contributed by atoms with Gasteiger partial charge in [-0.1, -0.05) is 43.1 Å². The van der Waals surface area contributed by atoms with Gasteiger partial charge in [0, 0.05) is 0 Å². The molecule has 0 fully saturated rings. The van der Waals surface area contributed by atoms with Gasteiger partial charge in [-0.15, -0.1) is 0 Å². The molecule has 2 aromatic rings. The third-order valence-corrected chi connectivity index (χ3v) is 4.99. The van der Waals surface area contributed by atoms with Gasteiger partial charge < -0.3 is 5.32 Å². The predicted molar refractivity (Wildman–Crippen MR) is 105 cm³/mol. The van der Waals surface area contributed by atoms with Gasteiger partial charge in [0.25, 0.3) is 5.56 Å². The summed E-state index contributed by atoms with van der Waals surface area (Å²) in [6.45, 7) is 5.29. The van der Waals surface area contributed by atoms with Gasteiger partial charge in [-0.05, 0) is 43.0 Å². The third kappa shape index (κ3) is 4.68. The van der Waals surface area contributed by atoms with Crippen molar-refractivity contribution in [1.29, 1.82) is 5.26 Å². The van der Waals surface area contributed by atoms with Crippen LogP contribution in [0.2, 0.25) is 10.0 Å². The number of hydrogen-bond donors (Lipinski definition) is 1. The largest absolute Gasteiger partial charge is 0.348 e. The Morgan fingerprint density at radius 2 is 2.00 bits per heavy atom. The number of carbonyl (C=O) groups is 1. The van der Waals surface area contributed by atoms with Crippen molar-refractivity contribution in [3.8, 4) is 6.07 Å². The molecule has 142 valence electrons. The van der Waals surface area contributed by atoms with E-state index in [1.165, 1.54) is 0 Å². The fourth-order valence-electron chi connectivity index (χ4n) is 2.83. The minimum atomic E-state index is -0.552. The van der Waals surface area contributed by atoms with Crippen molar-refractivity contribution in [1.82, 2.24) is 15.1 Å². The minimum Gasteiger partial charge on any atom is -0.348 e. The van der Waals surface area contributed by atoms with Crippen molar-refractivity contribution in [2.75, 3.05) is 0 Å². The molecule has 0 bridgehead atoms. The molecule has 0 saturated carbocycles. The van der Waals surface area contributed by atoms with Gasteiger partial charge in [-0.3, -0.25) is 9.59 Å². The Labute approximate surface area is 167 Å². The molecule has 0 radical (unpaired) electrons. The van der Waals surface area contributed by atoms with E-state index in [-0.39, 0.29) is 18.2 Å². The van der Waals surface area contributed by atoms with Gasteiger partial charge in [0.1, 0.15) is 18.2 Å². The van der Waals surface area contributed by atoms with Crippen molar-refractivity contribution in [3.63, 3.8) is 0 Å². The number of aryl methyl sites for hydroxylation is 1. The lowest BCUT2D eigenvalue weighted by Crippen LogP contribution is -2.37. The van der Waals surface area contributed by atoms with Crippen LogP contribution in [0.1, 0.15) is 49.2 Å². The van der Waals surface area contributed by atoms with Crippen LogP contribution in [0.25, 0.3) is 0 Å². The number of benzene rings is 1. The summed E-state index contributed by atoms with van der Waals surface area (Å²) in [5.41, 5.74) is 1.58. The van der Waals surface area contributed by atoms with Gasteiger partial charge >= 0.3 is 0 Å². The summed E-state index contributed by atoms with van der Waals surface area (Å²) in [7, 11) is 0. The lowest BCUT2D eigenvalue weighted by atomic mass is 10.0. The van der Waals surface area contributed by atoms with E-state index in [1.54, 1.807) is 25.1 Å². The number of nitrogens with one attached hydrogen (secondary N) is 1. The molecule has 8 heteroatoms. The molecule has 1 aromatic heterocycles. The number of aromatic nitrogens is 2. The molecule has 1 amide bonds. The molecule has 2 rings (SSSR count). The highest BCUT2D eigenvalue weighted by atomic mass is 35.5. The topological polar surface area (TPSA) is 87.8 Å². The fraction of sp³-hybridized carbons (Fsp3) is 0.368. The van der Waals surface area contributed by atoms with Crippen LogP contribution in [-0.2, 0) is 24.2 Å². The van der Waals surface area contributed by atoms with Crippen molar-refractivity contribution in [2.24, 2.45) is 0 Å². The third-order valence-electron chi connectivity index (χ3n) is 4.25. The standard InChI is InChI=1S/C19H20Cl2N4O2/c1-4-13-14(9-22)19(27)25(24-17(13)5-2)10-18(26)23-11(3)12-6-7-15(20)16(21)8-12/h6-8,11H,4-5,10H2,1-3H3,(H,23,26). The molecule has 1 heterocycles. The van der Waals surface area contributed by atoms with Gasteiger partial charge in [-0.2, -0.15) is 10.4 Å². The zero-order valence-corrected chi connectivity index (χ0v) is 16.9. The smallest absolute Gasteiger partial charge is 0.285 e. The second-order valence-electron chi connectivity index (χ2n) is 6.04. The summed E-state index contributed by atoms with van der Waals surface area (Å²) < 4.78 is 1.05. The van der Waals surface area contributed by atoms with Crippen LogP contribution in [0.4, 0.5) is 0 Å². The second kappa shape index (κ2) is 9.03. The van der Waals surface area contributed by atoms with Crippen molar-refractivity contribution in [2.45, 2.75) is 46.2 Å². The van der Waals surface area contributed by atoms with E-state index in [2.05, 4.69) is 10.4 Å². The molecule has 1 unspecified atom stereocenters. The van der Waals surface area contributed by atoms with Gasteiger partial charge in [0.2, 0.25) is 5.91 Å². The Bertz CT molecular complexity index is 963. The van der Waals surface area contributed by atoms with Crippen LogP contribution < -0.4 is 10.9 Å². The number of nitriles is 1. The molecule has 0 aliphatic rings. The molecule has 1 N–H and O–H groups in total. The highest BCUT2D eigenvalue weighted by Gasteiger charge is 2.18. The molecule has 0 aliphatic carbocycles. The molecule has 0 aliphatic heterocycles. The summed E-state index contributed by atoms with van der Waals surface area (Å²) in [5.74, 6) is -0.390.